The fourth-order valence-electron chi connectivity index (χ4n) is 0.827. The van der Waals surface area contributed by atoms with Crippen LogP contribution in [-0.4, -0.2) is 44.9 Å². The van der Waals surface area contributed by atoms with Gasteiger partial charge in [-0.15, -0.1) is 0 Å². The van der Waals surface area contributed by atoms with Gasteiger partial charge >= 0.3 is 0 Å². The number of methoxy groups -OCH3 is 2. The molecule has 0 aromatic heterocycles. The summed E-state index contributed by atoms with van der Waals surface area (Å²) in [4.78, 5) is 0. The molecule has 0 amide bonds. The van der Waals surface area contributed by atoms with Gasteiger partial charge in [-0.2, -0.15) is 0 Å². The molecule has 74 valence electrons. The second kappa shape index (κ2) is 7.49. The molecule has 12 heavy (non-hydrogen) atoms. The summed E-state index contributed by atoms with van der Waals surface area (Å²) in [7, 11) is 3.12. The molecular formula is C8H18O4. The Morgan fingerprint density at radius 1 is 1.33 bits per heavy atom. The van der Waals surface area contributed by atoms with Crippen LogP contribution in [0.5, 0.6) is 0 Å². The average Bonchev–Trinajstić information content (AvgIpc) is 2.12. The molecule has 0 aliphatic heterocycles. The molecule has 0 saturated carbocycles. The summed E-state index contributed by atoms with van der Waals surface area (Å²) < 4.78 is 15.1. The highest BCUT2D eigenvalue weighted by Crippen LogP contribution is 2.03. The zero-order chi connectivity index (χ0) is 9.40. The Morgan fingerprint density at radius 3 is 2.33 bits per heavy atom. The normalized spacial score (nSPS) is 16.0. The van der Waals surface area contributed by atoms with Crippen LogP contribution in [0.4, 0.5) is 0 Å². The smallest absolute Gasteiger partial charge is 0.180 e. The van der Waals surface area contributed by atoms with E-state index in [-0.39, 0.29) is 12.7 Å². The molecule has 0 bridgehead atoms. The van der Waals surface area contributed by atoms with Crippen LogP contribution in [0.2, 0.25) is 0 Å². The van der Waals surface area contributed by atoms with Gasteiger partial charge in [0.1, 0.15) is 0 Å². The van der Waals surface area contributed by atoms with E-state index in [0.29, 0.717) is 6.61 Å². The second-order valence-corrected chi connectivity index (χ2v) is 2.47. The SMILES string of the molecule is CCC(COC)OC(CO)OC. The molecule has 0 aliphatic carbocycles. The third-order valence-electron chi connectivity index (χ3n) is 1.56. The molecule has 4 heteroatoms. The van der Waals surface area contributed by atoms with Crippen molar-refractivity contribution in [1.82, 2.24) is 0 Å². The predicted octanol–water partition coefficient (Wildman–Crippen LogP) is 0.393. The predicted molar refractivity (Wildman–Crippen MR) is 44.9 cm³/mol. The molecule has 0 heterocycles. The van der Waals surface area contributed by atoms with Crippen LogP contribution in [0.3, 0.4) is 0 Å². The molecule has 0 saturated heterocycles. The summed E-state index contributed by atoms with van der Waals surface area (Å²) in [5.74, 6) is 0. The molecule has 2 atom stereocenters. The lowest BCUT2D eigenvalue weighted by atomic mass is 10.3. The van der Waals surface area contributed by atoms with Crippen molar-refractivity contribution in [3.63, 3.8) is 0 Å². The molecular weight excluding hydrogens is 160 g/mol. The van der Waals surface area contributed by atoms with Gasteiger partial charge < -0.3 is 19.3 Å². The van der Waals surface area contributed by atoms with Gasteiger partial charge in [0.15, 0.2) is 6.29 Å². The van der Waals surface area contributed by atoms with Crippen molar-refractivity contribution in [3.8, 4) is 0 Å². The van der Waals surface area contributed by atoms with E-state index in [1.54, 1.807) is 7.11 Å². The minimum absolute atomic E-state index is 0.00731. The summed E-state index contributed by atoms with van der Waals surface area (Å²) in [6.07, 6.45) is 0.297. The lowest BCUT2D eigenvalue weighted by molar-refractivity contribution is -0.183. The Hall–Kier alpha value is -0.160. The first-order valence-corrected chi connectivity index (χ1v) is 4.06. The largest absolute Gasteiger partial charge is 0.391 e. The number of aliphatic hydroxyl groups is 1. The monoisotopic (exact) mass is 178 g/mol. The van der Waals surface area contributed by atoms with Crippen molar-refractivity contribution in [2.45, 2.75) is 25.7 Å². The minimum atomic E-state index is -0.537. The Bertz CT molecular complexity index is 93.1. The van der Waals surface area contributed by atoms with Gasteiger partial charge in [-0.25, -0.2) is 0 Å². The molecule has 0 aromatic carbocycles. The first-order valence-electron chi connectivity index (χ1n) is 4.06. The van der Waals surface area contributed by atoms with E-state index in [2.05, 4.69) is 0 Å². The maximum Gasteiger partial charge on any atom is 0.180 e. The molecule has 0 fully saturated rings. The van der Waals surface area contributed by atoms with E-state index in [9.17, 15) is 0 Å². The van der Waals surface area contributed by atoms with Crippen LogP contribution in [0.25, 0.3) is 0 Å². The van der Waals surface area contributed by atoms with Crippen molar-refractivity contribution in [1.29, 1.82) is 0 Å². The van der Waals surface area contributed by atoms with Crippen LogP contribution in [0.15, 0.2) is 0 Å². The molecule has 0 radical (unpaired) electrons. The summed E-state index contributed by atoms with van der Waals surface area (Å²) in [5, 5.41) is 8.75. The van der Waals surface area contributed by atoms with Crippen molar-refractivity contribution < 1.29 is 19.3 Å². The first-order chi connectivity index (χ1) is 5.78. The highest BCUT2D eigenvalue weighted by molar-refractivity contribution is 4.54. The van der Waals surface area contributed by atoms with Gasteiger partial charge in [-0.05, 0) is 6.42 Å². The maximum atomic E-state index is 8.75. The van der Waals surface area contributed by atoms with Gasteiger partial charge in [0.25, 0.3) is 0 Å². The Kier molecular flexibility index (Phi) is 7.39. The summed E-state index contributed by atoms with van der Waals surface area (Å²) in [6, 6.07) is 0. The number of aliphatic hydroxyl groups excluding tert-OH is 1. The fourth-order valence-corrected chi connectivity index (χ4v) is 0.827. The third-order valence-corrected chi connectivity index (χ3v) is 1.56. The fraction of sp³-hybridized carbons (Fsp3) is 1.00. The van der Waals surface area contributed by atoms with Crippen molar-refractivity contribution in [3.05, 3.63) is 0 Å². The summed E-state index contributed by atoms with van der Waals surface area (Å²) in [6.45, 7) is 2.39. The minimum Gasteiger partial charge on any atom is -0.391 e. The van der Waals surface area contributed by atoms with E-state index in [1.165, 1.54) is 7.11 Å². The third kappa shape index (κ3) is 4.66. The van der Waals surface area contributed by atoms with Crippen LogP contribution in [-0.2, 0) is 14.2 Å². The van der Waals surface area contributed by atoms with Crippen LogP contribution in [0, 0.1) is 0 Å². The maximum absolute atomic E-state index is 8.75. The van der Waals surface area contributed by atoms with Crippen LogP contribution < -0.4 is 0 Å². The molecule has 2 unspecified atom stereocenters. The lowest BCUT2D eigenvalue weighted by Gasteiger charge is -2.20. The second-order valence-electron chi connectivity index (χ2n) is 2.47. The van der Waals surface area contributed by atoms with E-state index in [0.717, 1.165) is 6.42 Å². The molecule has 0 rings (SSSR count). The van der Waals surface area contributed by atoms with Gasteiger partial charge in [-0.3, -0.25) is 0 Å². The quantitative estimate of drug-likeness (QED) is 0.573. The average molecular weight is 178 g/mol. The first kappa shape index (κ1) is 11.8. The van der Waals surface area contributed by atoms with Crippen LogP contribution >= 0.6 is 0 Å². The summed E-state index contributed by atoms with van der Waals surface area (Å²) >= 11 is 0. The van der Waals surface area contributed by atoms with Gasteiger partial charge in [0.05, 0.1) is 19.3 Å². The Labute approximate surface area is 73.4 Å². The molecule has 4 nitrogen and oxygen atoms in total. The Balaban J connectivity index is 3.65. The van der Waals surface area contributed by atoms with E-state index in [1.807, 2.05) is 6.92 Å². The van der Waals surface area contributed by atoms with E-state index < -0.39 is 6.29 Å². The highest BCUT2D eigenvalue weighted by Gasteiger charge is 2.13. The van der Waals surface area contributed by atoms with Gasteiger partial charge in [0.2, 0.25) is 0 Å². The van der Waals surface area contributed by atoms with E-state index >= 15 is 0 Å². The molecule has 0 aliphatic rings. The lowest BCUT2D eigenvalue weighted by Crippen LogP contribution is -2.29. The summed E-state index contributed by atoms with van der Waals surface area (Å²) in [5.41, 5.74) is 0. The van der Waals surface area contributed by atoms with Crippen molar-refractivity contribution in [2.75, 3.05) is 27.4 Å². The Morgan fingerprint density at radius 2 is 2.00 bits per heavy atom. The molecule has 1 N–H and O–H groups in total. The van der Waals surface area contributed by atoms with Gasteiger partial charge in [0, 0.05) is 14.2 Å². The number of hydrogen-bond donors (Lipinski definition) is 1. The highest BCUT2D eigenvalue weighted by atomic mass is 16.7. The van der Waals surface area contributed by atoms with Crippen molar-refractivity contribution in [2.24, 2.45) is 0 Å². The topological polar surface area (TPSA) is 47.9 Å². The zero-order valence-corrected chi connectivity index (χ0v) is 7.95. The number of ether oxygens (including phenoxy) is 3. The number of hydrogen-bond acceptors (Lipinski definition) is 4. The van der Waals surface area contributed by atoms with E-state index in [4.69, 9.17) is 19.3 Å². The number of rotatable bonds is 7. The van der Waals surface area contributed by atoms with Crippen LogP contribution in [0.1, 0.15) is 13.3 Å². The van der Waals surface area contributed by atoms with Crippen molar-refractivity contribution >= 4 is 0 Å². The molecule has 0 spiro atoms. The van der Waals surface area contributed by atoms with Gasteiger partial charge in [-0.1, -0.05) is 6.92 Å². The zero-order valence-electron chi connectivity index (χ0n) is 7.95. The standard InChI is InChI=1S/C8H18O4/c1-4-7(6-10-2)12-8(5-9)11-3/h7-9H,4-6H2,1-3H3. The molecule has 0 aromatic rings.